The molecule has 27 heavy (non-hydrogen) atoms. The number of amides is 1. The first-order valence-electron chi connectivity index (χ1n) is 8.26. The van der Waals surface area contributed by atoms with E-state index in [1.807, 2.05) is 6.92 Å². The van der Waals surface area contributed by atoms with Gasteiger partial charge in [-0.25, -0.2) is 4.39 Å². The number of nitrogens with one attached hydrogen (secondary N) is 1. The van der Waals surface area contributed by atoms with Gasteiger partial charge < -0.3 is 27.3 Å². The van der Waals surface area contributed by atoms with Gasteiger partial charge >= 0.3 is 0 Å². The number of carbonyl (C=O) groups is 1. The maximum atomic E-state index is 13.6. The number of hydrogen-bond donors (Lipinski definition) is 4. The van der Waals surface area contributed by atoms with Crippen LogP contribution in [-0.4, -0.2) is 25.8 Å². The van der Waals surface area contributed by atoms with Crippen molar-refractivity contribution in [1.29, 1.82) is 0 Å². The zero-order valence-corrected chi connectivity index (χ0v) is 15.5. The Kier molecular flexibility index (Phi) is 8.44. The van der Waals surface area contributed by atoms with Gasteiger partial charge in [-0.15, -0.1) is 0 Å². The van der Waals surface area contributed by atoms with Crippen molar-refractivity contribution >= 4 is 11.6 Å². The summed E-state index contributed by atoms with van der Waals surface area (Å²) in [5.74, 6) is -0.487. The van der Waals surface area contributed by atoms with E-state index < -0.39 is 18.1 Å². The number of ether oxygens (including phenoxy) is 1. The fraction of sp³-hybridized carbons (Fsp3) is 0.250. The number of carbonyl (C=O) groups excluding carboxylic acids is 1. The number of anilines is 1. The van der Waals surface area contributed by atoms with E-state index in [4.69, 9.17) is 21.9 Å². The quantitative estimate of drug-likeness (QED) is 0.370. The van der Waals surface area contributed by atoms with Gasteiger partial charge in [0.1, 0.15) is 6.67 Å². The third-order valence-corrected chi connectivity index (χ3v) is 3.69. The van der Waals surface area contributed by atoms with Crippen molar-refractivity contribution in [3.63, 3.8) is 0 Å². The molecular formula is C20H27FN4O2. The average Bonchev–Trinajstić information content (AvgIpc) is 2.65. The molecule has 1 aromatic rings. The van der Waals surface area contributed by atoms with Crippen molar-refractivity contribution in [2.24, 2.45) is 17.2 Å². The fourth-order valence-corrected chi connectivity index (χ4v) is 2.04. The van der Waals surface area contributed by atoms with Crippen LogP contribution in [-0.2, 0) is 15.1 Å². The van der Waals surface area contributed by atoms with Crippen LogP contribution in [0.4, 0.5) is 10.1 Å². The molecule has 7 N–H and O–H groups in total. The van der Waals surface area contributed by atoms with Gasteiger partial charge in [-0.05, 0) is 30.7 Å². The Hall–Kier alpha value is -2.90. The monoisotopic (exact) mass is 374 g/mol. The molecule has 0 aromatic heterocycles. The molecule has 0 saturated heterocycles. The third-order valence-electron chi connectivity index (χ3n) is 3.69. The molecule has 1 aromatic carbocycles. The first-order chi connectivity index (χ1) is 12.7. The van der Waals surface area contributed by atoms with Crippen LogP contribution in [0.5, 0.6) is 0 Å². The lowest BCUT2D eigenvalue weighted by molar-refractivity contribution is -0.112. The van der Waals surface area contributed by atoms with E-state index in [0.717, 1.165) is 5.57 Å². The number of allylic oxidation sites excluding steroid dienone is 4. The Morgan fingerprint density at radius 3 is 2.67 bits per heavy atom. The van der Waals surface area contributed by atoms with Crippen LogP contribution in [0.2, 0.25) is 0 Å². The van der Waals surface area contributed by atoms with Gasteiger partial charge in [0.2, 0.25) is 0 Å². The Balaban J connectivity index is 2.92. The van der Waals surface area contributed by atoms with Gasteiger partial charge in [0.15, 0.2) is 0 Å². The van der Waals surface area contributed by atoms with Crippen LogP contribution in [0.25, 0.3) is 0 Å². The van der Waals surface area contributed by atoms with E-state index in [-0.39, 0.29) is 18.9 Å². The SMILES string of the molecule is C=C/C(C)=C\C=C(/N)C(=O)Nc1cccc(C(N)(CF)COCC(=C)N)c1. The summed E-state index contributed by atoms with van der Waals surface area (Å²) in [6.45, 7) is 8.10. The first kappa shape index (κ1) is 22.1. The molecule has 6 nitrogen and oxygen atoms in total. The molecule has 1 rings (SSSR count). The second-order valence-corrected chi connectivity index (χ2v) is 6.21. The summed E-state index contributed by atoms with van der Waals surface area (Å²) >= 11 is 0. The van der Waals surface area contributed by atoms with Crippen LogP contribution in [0.3, 0.4) is 0 Å². The van der Waals surface area contributed by atoms with Crippen LogP contribution in [0, 0.1) is 0 Å². The van der Waals surface area contributed by atoms with Crippen LogP contribution < -0.4 is 22.5 Å². The minimum Gasteiger partial charge on any atom is -0.401 e. The summed E-state index contributed by atoms with van der Waals surface area (Å²) in [4.78, 5) is 12.2. The molecule has 146 valence electrons. The molecule has 0 aliphatic rings. The Morgan fingerprint density at radius 2 is 2.07 bits per heavy atom. The molecule has 7 heteroatoms. The van der Waals surface area contributed by atoms with Gasteiger partial charge in [0.25, 0.3) is 5.91 Å². The normalized spacial score (nSPS) is 14.3. The lowest BCUT2D eigenvalue weighted by Gasteiger charge is -2.27. The molecule has 0 aliphatic heterocycles. The highest BCUT2D eigenvalue weighted by Crippen LogP contribution is 2.23. The van der Waals surface area contributed by atoms with Crippen LogP contribution in [0.15, 0.2) is 72.6 Å². The summed E-state index contributed by atoms with van der Waals surface area (Å²) in [5, 5.41) is 2.65. The summed E-state index contributed by atoms with van der Waals surface area (Å²) in [6.07, 6.45) is 4.80. The zero-order chi connectivity index (χ0) is 20.4. The van der Waals surface area contributed by atoms with E-state index in [9.17, 15) is 9.18 Å². The van der Waals surface area contributed by atoms with E-state index in [0.29, 0.717) is 16.9 Å². The van der Waals surface area contributed by atoms with Crippen molar-refractivity contribution in [3.8, 4) is 0 Å². The molecule has 0 heterocycles. The highest BCUT2D eigenvalue weighted by molar-refractivity contribution is 6.03. The minimum atomic E-state index is -1.37. The molecule has 1 unspecified atom stereocenters. The second-order valence-electron chi connectivity index (χ2n) is 6.21. The third kappa shape index (κ3) is 7.08. The average molecular weight is 374 g/mol. The van der Waals surface area contributed by atoms with Gasteiger partial charge in [-0.1, -0.05) is 43.0 Å². The molecule has 0 radical (unpaired) electrons. The topological polar surface area (TPSA) is 116 Å². The second kappa shape index (κ2) is 10.3. The van der Waals surface area contributed by atoms with E-state index in [1.54, 1.807) is 36.4 Å². The molecule has 0 saturated carbocycles. The van der Waals surface area contributed by atoms with Crippen molar-refractivity contribution in [2.45, 2.75) is 12.5 Å². The molecule has 0 fully saturated rings. The predicted molar refractivity (Wildman–Crippen MR) is 107 cm³/mol. The fourth-order valence-electron chi connectivity index (χ4n) is 2.04. The Labute approximate surface area is 159 Å². The van der Waals surface area contributed by atoms with Gasteiger partial charge in [-0.2, -0.15) is 0 Å². The Morgan fingerprint density at radius 1 is 1.37 bits per heavy atom. The maximum Gasteiger partial charge on any atom is 0.271 e. The maximum absolute atomic E-state index is 13.6. The molecule has 1 amide bonds. The lowest BCUT2D eigenvalue weighted by Crippen LogP contribution is -2.44. The number of nitrogens with two attached hydrogens (primary N) is 3. The highest BCUT2D eigenvalue weighted by Gasteiger charge is 2.28. The highest BCUT2D eigenvalue weighted by atomic mass is 19.1. The Bertz CT molecular complexity index is 758. The standard InChI is InChI=1S/C20H27FN4O2/c1-4-14(2)8-9-18(23)19(26)25-17-7-5-6-16(10-17)20(24,12-21)13-27-11-15(3)22/h4-10H,1,3,11-13,22-24H2,2H3,(H,25,26)/b14-8-,18-9-. The van der Waals surface area contributed by atoms with E-state index >= 15 is 0 Å². The number of halogens is 1. The lowest BCUT2D eigenvalue weighted by atomic mass is 9.93. The van der Waals surface area contributed by atoms with Gasteiger partial charge in [-0.3, -0.25) is 4.79 Å². The molecular weight excluding hydrogens is 347 g/mol. The smallest absolute Gasteiger partial charge is 0.271 e. The number of benzene rings is 1. The number of hydrogen-bond acceptors (Lipinski definition) is 5. The zero-order valence-electron chi connectivity index (χ0n) is 15.5. The van der Waals surface area contributed by atoms with Crippen molar-refractivity contribution in [2.75, 3.05) is 25.2 Å². The molecule has 1 atom stereocenters. The summed E-state index contributed by atoms with van der Waals surface area (Å²) in [5.41, 5.74) is 18.1. The summed E-state index contributed by atoms with van der Waals surface area (Å²) < 4.78 is 18.9. The van der Waals surface area contributed by atoms with Gasteiger partial charge in [0, 0.05) is 11.4 Å². The van der Waals surface area contributed by atoms with Crippen LogP contribution >= 0.6 is 0 Å². The molecule has 0 bridgehead atoms. The van der Waals surface area contributed by atoms with Crippen LogP contribution in [0.1, 0.15) is 12.5 Å². The predicted octanol–water partition coefficient (Wildman–Crippen LogP) is 2.21. The number of alkyl halides is 1. The van der Waals surface area contributed by atoms with Crippen molar-refractivity contribution < 1.29 is 13.9 Å². The van der Waals surface area contributed by atoms with E-state index in [2.05, 4.69) is 18.5 Å². The number of rotatable bonds is 10. The van der Waals surface area contributed by atoms with E-state index in [1.165, 1.54) is 6.08 Å². The minimum absolute atomic E-state index is 0.0240. The first-order valence-corrected chi connectivity index (χ1v) is 8.26. The van der Waals surface area contributed by atoms with Gasteiger partial charge in [0.05, 0.1) is 24.4 Å². The molecule has 0 spiro atoms. The van der Waals surface area contributed by atoms with Crippen molar-refractivity contribution in [3.05, 3.63) is 78.2 Å². The summed E-state index contributed by atoms with van der Waals surface area (Å²) in [6, 6.07) is 6.55. The largest absolute Gasteiger partial charge is 0.401 e. The van der Waals surface area contributed by atoms with Crippen molar-refractivity contribution in [1.82, 2.24) is 0 Å². The summed E-state index contributed by atoms with van der Waals surface area (Å²) in [7, 11) is 0. The molecule has 0 aliphatic carbocycles.